The van der Waals surface area contributed by atoms with Gasteiger partial charge in [0, 0.05) is 24.0 Å². The number of aromatic amines is 1. The summed E-state index contributed by atoms with van der Waals surface area (Å²) in [6.45, 7) is 0.339. The van der Waals surface area contributed by atoms with E-state index in [1.54, 1.807) is 6.20 Å². The number of anilines is 3. The van der Waals surface area contributed by atoms with Gasteiger partial charge in [0.1, 0.15) is 17.5 Å². The van der Waals surface area contributed by atoms with E-state index < -0.39 is 23.2 Å². The van der Waals surface area contributed by atoms with E-state index in [1.165, 1.54) is 27.4 Å². The van der Waals surface area contributed by atoms with E-state index in [2.05, 4.69) is 35.9 Å². The van der Waals surface area contributed by atoms with Crippen LogP contribution in [0.25, 0.3) is 11.0 Å². The van der Waals surface area contributed by atoms with Crippen LogP contribution in [0.2, 0.25) is 0 Å². The molecule has 0 saturated heterocycles. The topological polar surface area (TPSA) is 108 Å². The van der Waals surface area contributed by atoms with E-state index in [-0.39, 0.29) is 11.4 Å². The smallest absolute Gasteiger partial charge is 0.315 e. The Hall–Kier alpha value is -3.98. The van der Waals surface area contributed by atoms with Crippen LogP contribution < -0.4 is 16.0 Å². The summed E-state index contributed by atoms with van der Waals surface area (Å²) in [7, 11) is 1.42. The zero-order chi connectivity index (χ0) is 24.6. The molecule has 0 saturated carbocycles. The zero-order valence-corrected chi connectivity index (χ0v) is 19.2. The van der Waals surface area contributed by atoms with Crippen molar-refractivity contribution in [1.82, 2.24) is 19.9 Å². The zero-order valence-electron chi connectivity index (χ0n) is 18.1. The number of hydrogen-bond donors (Lipinski definition) is 4. The number of halogens is 3. The summed E-state index contributed by atoms with van der Waals surface area (Å²) in [6, 6.07) is 7.44. The average molecular weight is 497 g/mol. The van der Waals surface area contributed by atoms with Crippen molar-refractivity contribution in [3.63, 3.8) is 0 Å². The molecule has 1 aliphatic heterocycles. The fourth-order valence-corrected chi connectivity index (χ4v) is 3.88. The number of alkyl halides is 2. The second kappa shape index (κ2) is 8.99. The molecular formula is C23H19F3N7OP. The molecule has 35 heavy (non-hydrogen) atoms. The molecular weight excluding hydrogens is 478 g/mol. The minimum Gasteiger partial charge on any atom is -0.365 e. The summed E-state index contributed by atoms with van der Waals surface area (Å²) in [4.78, 5) is 27.7. The molecule has 1 atom stereocenters. The van der Waals surface area contributed by atoms with E-state index in [0.717, 1.165) is 29.2 Å². The second-order valence-electron chi connectivity index (χ2n) is 7.85. The first-order valence-corrected chi connectivity index (χ1v) is 11.1. The number of nitrogens with one attached hydrogen (secondary N) is 4. The fourth-order valence-electron chi connectivity index (χ4n) is 3.74. The lowest BCUT2D eigenvalue weighted by molar-refractivity contribution is 0.0944. The lowest BCUT2D eigenvalue weighted by Gasteiger charge is -2.17. The minimum absolute atomic E-state index is 0.00664. The number of benzene rings is 1. The molecule has 1 unspecified atom stereocenters. The molecule has 1 aliphatic rings. The SMILES string of the molecule is O=C(Nc1ccc2nc(C(F)(F)P)[nH]c2c1)c1cc(F)cnc1NCc1ccnc2c1CC=CN2. The Kier molecular flexibility index (Phi) is 5.86. The summed E-state index contributed by atoms with van der Waals surface area (Å²) in [5, 5.41) is 8.85. The molecule has 4 aromatic rings. The van der Waals surface area contributed by atoms with Crippen LogP contribution >= 0.6 is 9.24 Å². The predicted octanol–water partition coefficient (Wildman–Crippen LogP) is 4.76. The summed E-state index contributed by atoms with van der Waals surface area (Å²) >= 11 is 0. The molecule has 0 bridgehead atoms. The second-order valence-corrected chi connectivity index (χ2v) is 8.57. The molecule has 0 radical (unpaired) electrons. The maximum absolute atomic E-state index is 14.0. The molecule has 178 valence electrons. The monoisotopic (exact) mass is 497 g/mol. The highest BCUT2D eigenvalue weighted by Gasteiger charge is 2.28. The molecule has 5 rings (SSSR count). The third kappa shape index (κ3) is 4.81. The standard InChI is InChI=1S/C23H19F3N7OP/c24-13-8-16(20(30-11-13)29-10-12-5-7-28-19-15(12)2-1-6-27-19)21(34)31-14-3-4-17-18(9-14)33-22(32-17)23(25,26)35/h1,3-9,11H,2,10,35H2,(H,27,28)(H,29,30)(H,31,34)(H,32,33). The van der Waals surface area contributed by atoms with Crippen molar-refractivity contribution in [3.8, 4) is 0 Å². The van der Waals surface area contributed by atoms with Crippen LogP contribution in [-0.4, -0.2) is 25.8 Å². The number of H-pyrrole nitrogens is 1. The van der Waals surface area contributed by atoms with Crippen LogP contribution in [0.15, 0.2) is 55.0 Å². The van der Waals surface area contributed by atoms with E-state index in [0.29, 0.717) is 29.7 Å². The number of allylic oxidation sites excluding steroid dienone is 1. The van der Waals surface area contributed by atoms with Crippen LogP contribution in [-0.2, 0) is 18.6 Å². The Labute approximate surface area is 199 Å². The Bertz CT molecular complexity index is 1470. The number of fused-ring (bicyclic) bond motifs is 2. The lowest BCUT2D eigenvalue weighted by Crippen LogP contribution is -2.17. The number of amides is 1. The van der Waals surface area contributed by atoms with Gasteiger partial charge in [-0.05, 0) is 48.5 Å². The first kappa shape index (κ1) is 22.8. The van der Waals surface area contributed by atoms with Crippen molar-refractivity contribution >= 4 is 43.5 Å². The summed E-state index contributed by atoms with van der Waals surface area (Å²) in [5.74, 6) is -0.843. The number of hydrogen-bond acceptors (Lipinski definition) is 6. The number of carbonyl (C=O) groups excluding carboxylic acids is 1. The van der Waals surface area contributed by atoms with Crippen molar-refractivity contribution in [2.24, 2.45) is 0 Å². The number of nitrogens with zero attached hydrogens (tertiary/aromatic N) is 3. The molecule has 0 aliphatic carbocycles. The van der Waals surface area contributed by atoms with Crippen LogP contribution in [0, 0.1) is 5.82 Å². The van der Waals surface area contributed by atoms with Gasteiger partial charge in [-0.25, -0.2) is 19.3 Å². The van der Waals surface area contributed by atoms with E-state index in [9.17, 15) is 18.0 Å². The van der Waals surface area contributed by atoms with Crippen molar-refractivity contribution in [2.75, 3.05) is 16.0 Å². The van der Waals surface area contributed by atoms with Crippen LogP contribution in [0.5, 0.6) is 0 Å². The van der Waals surface area contributed by atoms with Gasteiger partial charge in [0.15, 0.2) is 5.82 Å². The molecule has 4 heterocycles. The van der Waals surface area contributed by atoms with Gasteiger partial charge < -0.3 is 20.9 Å². The van der Waals surface area contributed by atoms with Crippen LogP contribution in [0.1, 0.15) is 27.3 Å². The number of pyridine rings is 2. The van der Waals surface area contributed by atoms with Crippen molar-refractivity contribution < 1.29 is 18.0 Å². The highest BCUT2D eigenvalue weighted by atomic mass is 31.0. The van der Waals surface area contributed by atoms with Crippen LogP contribution in [0.3, 0.4) is 0 Å². The molecule has 1 aromatic carbocycles. The molecule has 3 aromatic heterocycles. The van der Waals surface area contributed by atoms with Gasteiger partial charge in [-0.2, -0.15) is 8.78 Å². The van der Waals surface area contributed by atoms with Gasteiger partial charge in [0.2, 0.25) is 0 Å². The first-order valence-electron chi connectivity index (χ1n) is 10.5. The highest BCUT2D eigenvalue weighted by molar-refractivity contribution is 7.17. The van der Waals surface area contributed by atoms with Gasteiger partial charge in [0.25, 0.3) is 5.91 Å². The van der Waals surface area contributed by atoms with Gasteiger partial charge >= 0.3 is 5.66 Å². The van der Waals surface area contributed by atoms with E-state index in [4.69, 9.17) is 0 Å². The Morgan fingerprint density at radius 3 is 2.89 bits per heavy atom. The maximum Gasteiger partial charge on any atom is 0.315 e. The fraction of sp³-hybridized carbons (Fsp3) is 0.130. The van der Waals surface area contributed by atoms with E-state index >= 15 is 0 Å². The normalized spacial score (nSPS) is 12.8. The largest absolute Gasteiger partial charge is 0.365 e. The molecule has 4 N–H and O–H groups in total. The number of rotatable bonds is 6. The quantitative estimate of drug-likeness (QED) is 0.286. The summed E-state index contributed by atoms with van der Waals surface area (Å²) in [6.07, 6.45) is 7.20. The third-order valence-corrected chi connectivity index (χ3v) is 5.69. The van der Waals surface area contributed by atoms with Gasteiger partial charge in [-0.3, -0.25) is 4.79 Å². The molecule has 0 fully saturated rings. The Morgan fingerprint density at radius 1 is 1.20 bits per heavy atom. The van der Waals surface area contributed by atoms with Crippen molar-refractivity contribution in [2.45, 2.75) is 18.6 Å². The number of aromatic nitrogens is 4. The Balaban J connectivity index is 1.37. The molecule has 1 amide bonds. The van der Waals surface area contributed by atoms with E-state index in [1.807, 2.05) is 18.3 Å². The van der Waals surface area contributed by atoms with Crippen molar-refractivity contribution in [1.29, 1.82) is 0 Å². The highest BCUT2D eigenvalue weighted by Crippen LogP contribution is 2.34. The minimum atomic E-state index is -3.21. The Morgan fingerprint density at radius 2 is 2.06 bits per heavy atom. The first-order chi connectivity index (χ1) is 16.8. The molecule has 0 spiro atoms. The maximum atomic E-state index is 14.0. The van der Waals surface area contributed by atoms with Gasteiger partial charge in [-0.15, -0.1) is 0 Å². The van der Waals surface area contributed by atoms with Crippen LogP contribution in [0.4, 0.5) is 30.5 Å². The average Bonchev–Trinajstić information content (AvgIpc) is 3.27. The van der Waals surface area contributed by atoms with Gasteiger partial charge in [-0.1, -0.05) is 15.3 Å². The molecule has 8 nitrogen and oxygen atoms in total. The lowest BCUT2D eigenvalue weighted by atomic mass is 10.0. The van der Waals surface area contributed by atoms with Crippen molar-refractivity contribution in [3.05, 3.63) is 83.3 Å². The molecule has 12 heteroatoms. The summed E-state index contributed by atoms with van der Waals surface area (Å²) in [5.41, 5.74) is -0.291. The number of imidazole rings is 1. The number of carbonyl (C=O) groups is 1. The predicted molar refractivity (Wildman–Crippen MR) is 130 cm³/mol. The summed E-state index contributed by atoms with van der Waals surface area (Å²) < 4.78 is 41.0. The van der Waals surface area contributed by atoms with Gasteiger partial charge in [0.05, 0.1) is 22.8 Å². The third-order valence-electron chi connectivity index (χ3n) is 5.41.